The number of anilines is 2. The lowest BCUT2D eigenvalue weighted by Crippen LogP contribution is -2.46. The summed E-state index contributed by atoms with van der Waals surface area (Å²) in [6.07, 6.45) is 0. The molecule has 0 saturated heterocycles. The molecule has 30 heavy (non-hydrogen) atoms. The fraction of sp³-hybridized carbons (Fsp3) is 0.227. The summed E-state index contributed by atoms with van der Waals surface area (Å²) in [7, 11) is 1.93. The average molecular weight is 400 g/mol. The Balaban J connectivity index is 1.55. The van der Waals surface area contributed by atoms with E-state index in [2.05, 4.69) is 5.10 Å². The third kappa shape index (κ3) is 2.88. The number of carbonyl (C=O) groups excluding carboxylic acids is 1. The molecule has 2 aromatic heterocycles. The number of carbonyl (C=O) groups is 1. The van der Waals surface area contributed by atoms with Gasteiger partial charge in [0.2, 0.25) is 5.91 Å². The van der Waals surface area contributed by atoms with Gasteiger partial charge in [-0.2, -0.15) is 5.10 Å². The van der Waals surface area contributed by atoms with E-state index in [0.717, 1.165) is 16.4 Å². The summed E-state index contributed by atoms with van der Waals surface area (Å²) in [5.74, 6) is 0.930. The minimum absolute atomic E-state index is 0.151. The molecule has 0 N–H and O–H groups in total. The molecule has 0 spiro atoms. The van der Waals surface area contributed by atoms with Gasteiger partial charge >= 0.3 is 0 Å². The molecule has 0 unspecified atom stereocenters. The Morgan fingerprint density at radius 2 is 1.57 bits per heavy atom. The maximum Gasteiger partial charge on any atom is 0.275 e. The van der Waals surface area contributed by atoms with Gasteiger partial charge in [0, 0.05) is 25.5 Å². The van der Waals surface area contributed by atoms with Gasteiger partial charge in [0.25, 0.3) is 5.56 Å². The fourth-order valence-electron chi connectivity index (χ4n) is 3.85. The summed E-state index contributed by atoms with van der Waals surface area (Å²) < 4.78 is 1.24. The first-order chi connectivity index (χ1) is 14.5. The maximum atomic E-state index is 13.2. The van der Waals surface area contributed by atoms with Crippen LogP contribution in [0.3, 0.4) is 0 Å². The number of hydrogen-bond donors (Lipinski definition) is 0. The third-order valence-electron chi connectivity index (χ3n) is 5.45. The van der Waals surface area contributed by atoms with Gasteiger partial charge in [0.1, 0.15) is 6.54 Å². The molecule has 1 amide bonds. The first-order valence-electron chi connectivity index (χ1n) is 9.77. The quantitative estimate of drug-likeness (QED) is 0.513. The molecule has 8 heteroatoms. The van der Waals surface area contributed by atoms with Crippen molar-refractivity contribution in [2.24, 2.45) is 0 Å². The summed E-state index contributed by atoms with van der Waals surface area (Å²) >= 11 is 0. The topological polar surface area (TPSA) is 84.2 Å². The van der Waals surface area contributed by atoms with E-state index in [1.54, 1.807) is 11.0 Å². The molecule has 4 aromatic rings. The monoisotopic (exact) mass is 400 g/mol. The lowest BCUT2D eigenvalue weighted by Gasteiger charge is -2.33. The summed E-state index contributed by atoms with van der Waals surface area (Å²) in [6.45, 7) is 2.79. The van der Waals surface area contributed by atoms with E-state index in [9.17, 15) is 9.59 Å². The number of para-hydroxylation sites is 2. The van der Waals surface area contributed by atoms with Crippen molar-refractivity contribution in [3.63, 3.8) is 0 Å². The van der Waals surface area contributed by atoms with Crippen LogP contribution in [0.2, 0.25) is 0 Å². The van der Waals surface area contributed by atoms with E-state index in [-0.39, 0.29) is 18.0 Å². The Morgan fingerprint density at radius 3 is 2.30 bits per heavy atom. The van der Waals surface area contributed by atoms with Crippen LogP contribution < -0.4 is 15.4 Å². The molecule has 0 radical (unpaired) electrons. The third-order valence-corrected chi connectivity index (χ3v) is 5.45. The average Bonchev–Trinajstić information content (AvgIpc) is 2.76. The number of fused-ring (bicyclic) bond motifs is 3. The van der Waals surface area contributed by atoms with E-state index in [1.807, 2.05) is 61.3 Å². The van der Waals surface area contributed by atoms with Crippen molar-refractivity contribution in [3.8, 4) is 0 Å². The van der Waals surface area contributed by atoms with Gasteiger partial charge in [-0.05, 0) is 25.1 Å². The minimum atomic E-state index is -0.275. The van der Waals surface area contributed by atoms with Crippen LogP contribution in [-0.2, 0) is 11.3 Å². The molecule has 2 aromatic carbocycles. The highest BCUT2D eigenvalue weighted by Gasteiger charge is 2.29. The van der Waals surface area contributed by atoms with Crippen LogP contribution >= 0.6 is 0 Å². The first kappa shape index (κ1) is 18.2. The van der Waals surface area contributed by atoms with Crippen LogP contribution in [-0.4, -0.2) is 45.8 Å². The van der Waals surface area contributed by atoms with Gasteiger partial charge in [-0.1, -0.05) is 30.3 Å². The Bertz CT molecular complexity index is 1360. The smallest absolute Gasteiger partial charge is 0.275 e. The van der Waals surface area contributed by atoms with Crippen molar-refractivity contribution >= 4 is 39.3 Å². The highest BCUT2D eigenvalue weighted by atomic mass is 16.2. The number of hydrogen-bond acceptors (Lipinski definition) is 6. The molecule has 1 aliphatic heterocycles. The second-order valence-corrected chi connectivity index (χ2v) is 7.42. The largest absolute Gasteiger partial charge is 0.355 e. The van der Waals surface area contributed by atoms with E-state index < -0.39 is 0 Å². The lowest BCUT2D eigenvalue weighted by molar-refractivity contribution is -0.119. The van der Waals surface area contributed by atoms with Crippen molar-refractivity contribution in [1.82, 2.24) is 19.7 Å². The number of amides is 1. The Hall–Kier alpha value is -3.81. The molecule has 0 aliphatic carbocycles. The van der Waals surface area contributed by atoms with Gasteiger partial charge in [0.15, 0.2) is 11.6 Å². The molecule has 5 rings (SSSR count). The zero-order chi connectivity index (χ0) is 20.8. The number of aryl methyl sites for hydroxylation is 1. The van der Waals surface area contributed by atoms with Gasteiger partial charge in [-0.25, -0.2) is 14.6 Å². The van der Waals surface area contributed by atoms with Gasteiger partial charge in [-0.15, -0.1) is 0 Å². The van der Waals surface area contributed by atoms with E-state index >= 15 is 0 Å². The van der Waals surface area contributed by atoms with Gasteiger partial charge in [-0.3, -0.25) is 14.5 Å². The molecular formula is C22H20N6O2. The van der Waals surface area contributed by atoms with Crippen LogP contribution in [0.5, 0.6) is 0 Å². The fourth-order valence-corrected chi connectivity index (χ4v) is 3.85. The van der Waals surface area contributed by atoms with Gasteiger partial charge < -0.3 is 4.90 Å². The molecule has 8 nitrogen and oxygen atoms in total. The van der Waals surface area contributed by atoms with E-state index in [4.69, 9.17) is 9.97 Å². The standard InChI is InChI=1S/C22H20N6O2/c1-14-15-7-3-4-8-16(15)22(30)28(25-14)13-19(29)27-12-11-26(2)20-21(27)24-18-10-6-5-9-17(18)23-20/h3-10H,11-13H2,1-2H3. The number of aromatic nitrogens is 4. The molecule has 3 heterocycles. The predicted molar refractivity (Wildman–Crippen MR) is 116 cm³/mol. The maximum absolute atomic E-state index is 13.2. The Morgan fingerprint density at radius 1 is 0.933 bits per heavy atom. The molecule has 0 saturated carbocycles. The minimum Gasteiger partial charge on any atom is -0.355 e. The number of likely N-dealkylation sites (N-methyl/N-ethyl adjacent to an activating group) is 1. The molecule has 0 bridgehead atoms. The molecule has 150 valence electrons. The second-order valence-electron chi connectivity index (χ2n) is 7.42. The SMILES string of the molecule is Cc1nn(CC(=O)N2CCN(C)c3nc4ccccc4nc32)c(=O)c2ccccc12. The summed E-state index contributed by atoms with van der Waals surface area (Å²) in [5, 5.41) is 5.72. The van der Waals surface area contributed by atoms with Crippen LogP contribution in [0.25, 0.3) is 21.8 Å². The molecule has 0 fully saturated rings. The molecule has 1 aliphatic rings. The number of nitrogens with zero attached hydrogens (tertiary/aromatic N) is 6. The van der Waals surface area contributed by atoms with E-state index in [0.29, 0.717) is 35.8 Å². The van der Waals surface area contributed by atoms with Crippen LogP contribution in [0.1, 0.15) is 5.69 Å². The number of benzene rings is 2. The van der Waals surface area contributed by atoms with Crippen molar-refractivity contribution in [2.75, 3.05) is 29.9 Å². The van der Waals surface area contributed by atoms with Crippen LogP contribution in [0.4, 0.5) is 11.6 Å². The summed E-state index contributed by atoms with van der Waals surface area (Å²) in [5.41, 5.74) is 1.94. The number of rotatable bonds is 2. The second kappa shape index (κ2) is 6.91. The lowest BCUT2D eigenvalue weighted by atomic mass is 10.1. The zero-order valence-electron chi connectivity index (χ0n) is 16.7. The highest BCUT2D eigenvalue weighted by Crippen LogP contribution is 2.30. The van der Waals surface area contributed by atoms with Gasteiger partial charge in [0.05, 0.1) is 22.1 Å². The molecular weight excluding hydrogens is 380 g/mol. The normalized spacial score (nSPS) is 13.7. The van der Waals surface area contributed by atoms with Crippen molar-refractivity contribution in [1.29, 1.82) is 0 Å². The Labute approximate surface area is 172 Å². The van der Waals surface area contributed by atoms with E-state index in [1.165, 1.54) is 4.68 Å². The highest BCUT2D eigenvalue weighted by molar-refractivity contribution is 5.97. The van der Waals surface area contributed by atoms with Crippen molar-refractivity contribution < 1.29 is 4.79 Å². The van der Waals surface area contributed by atoms with Crippen LogP contribution in [0, 0.1) is 6.92 Å². The summed E-state index contributed by atoms with van der Waals surface area (Å²) in [6, 6.07) is 14.9. The zero-order valence-corrected chi connectivity index (χ0v) is 16.7. The molecule has 0 atom stereocenters. The van der Waals surface area contributed by atoms with Crippen LogP contribution in [0.15, 0.2) is 53.3 Å². The summed E-state index contributed by atoms with van der Waals surface area (Å²) in [4.78, 5) is 39.1. The van der Waals surface area contributed by atoms with Crippen molar-refractivity contribution in [2.45, 2.75) is 13.5 Å². The first-order valence-corrected chi connectivity index (χ1v) is 9.77. The predicted octanol–water partition coefficient (Wildman–Crippen LogP) is 2.13. The Kier molecular flexibility index (Phi) is 4.20. The van der Waals surface area contributed by atoms with Crippen molar-refractivity contribution in [3.05, 3.63) is 64.6 Å².